The van der Waals surface area contributed by atoms with Crippen molar-refractivity contribution in [1.82, 2.24) is 20.4 Å². The predicted molar refractivity (Wildman–Crippen MR) is 112 cm³/mol. The molecule has 29 heavy (non-hydrogen) atoms. The molecule has 1 N–H and O–H groups in total. The number of likely N-dealkylation sites (N-methyl/N-ethyl adjacent to an activating group) is 1. The minimum atomic E-state index is -0.0592. The quantitative estimate of drug-likeness (QED) is 0.731. The predicted octanol–water partition coefficient (Wildman–Crippen LogP) is 3.92. The first-order chi connectivity index (χ1) is 13.9. The van der Waals surface area contributed by atoms with E-state index in [2.05, 4.69) is 41.3 Å². The minimum Gasteiger partial charge on any atom is -0.416 e. The Labute approximate surface area is 170 Å². The van der Waals surface area contributed by atoms with Gasteiger partial charge in [0.25, 0.3) is 5.91 Å². The molecule has 2 heterocycles. The molecule has 6 heteroatoms. The van der Waals surface area contributed by atoms with Gasteiger partial charge in [-0.1, -0.05) is 18.2 Å². The number of hydrogen-bond acceptors (Lipinski definition) is 5. The van der Waals surface area contributed by atoms with Gasteiger partial charge in [-0.05, 0) is 70.1 Å². The molecule has 1 aromatic heterocycles. The average molecular weight is 390 g/mol. The Morgan fingerprint density at radius 1 is 1.10 bits per heavy atom. The summed E-state index contributed by atoms with van der Waals surface area (Å²) in [4.78, 5) is 15.0. The third kappa shape index (κ3) is 3.68. The van der Waals surface area contributed by atoms with Gasteiger partial charge in [0.2, 0.25) is 11.8 Å². The highest BCUT2D eigenvalue weighted by Gasteiger charge is 2.39. The van der Waals surface area contributed by atoms with Crippen LogP contribution in [0.3, 0.4) is 0 Å². The van der Waals surface area contributed by atoms with Gasteiger partial charge in [-0.15, -0.1) is 10.2 Å². The Hall–Kier alpha value is -2.99. The number of hydrogen-bond donors (Lipinski definition) is 1. The fourth-order valence-corrected chi connectivity index (χ4v) is 3.75. The van der Waals surface area contributed by atoms with E-state index in [9.17, 15) is 4.79 Å². The molecule has 150 valence electrons. The van der Waals surface area contributed by atoms with E-state index in [1.807, 2.05) is 43.3 Å². The van der Waals surface area contributed by atoms with Crippen LogP contribution in [0.5, 0.6) is 0 Å². The van der Waals surface area contributed by atoms with Crippen LogP contribution in [0.4, 0.5) is 0 Å². The van der Waals surface area contributed by atoms with E-state index < -0.39 is 0 Å². The normalized spacial score (nSPS) is 18.7. The Balaban J connectivity index is 1.49. The monoisotopic (exact) mass is 390 g/mol. The molecule has 0 saturated carbocycles. The number of carbonyl (C=O) groups is 1. The van der Waals surface area contributed by atoms with E-state index in [4.69, 9.17) is 4.42 Å². The number of nitrogens with one attached hydrogen (secondary N) is 1. The van der Waals surface area contributed by atoms with Gasteiger partial charge in [-0.2, -0.15) is 0 Å². The summed E-state index contributed by atoms with van der Waals surface area (Å²) in [6, 6.07) is 15.3. The van der Waals surface area contributed by atoms with Crippen molar-refractivity contribution in [3.05, 3.63) is 59.7 Å². The second-order valence-corrected chi connectivity index (χ2v) is 8.19. The molecule has 3 aromatic rings. The minimum absolute atomic E-state index is 0.0503. The van der Waals surface area contributed by atoms with Crippen LogP contribution in [0.2, 0.25) is 0 Å². The summed E-state index contributed by atoms with van der Waals surface area (Å²) in [7, 11) is 2.09. The number of benzene rings is 2. The van der Waals surface area contributed by atoms with Crippen LogP contribution in [-0.4, -0.2) is 46.2 Å². The largest absolute Gasteiger partial charge is 0.416 e. The van der Waals surface area contributed by atoms with Gasteiger partial charge in [0, 0.05) is 34.8 Å². The van der Waals surface area contributed by atoms with Crippen LogP contribution in [-0.2, 0) is 0 Å². The molecular weight excluding hydrogens is 364 g/mol. The summed E-state index contributed by atoms with van der Waals surface area (Å²) in [5, 5.41) is 11.5. The summed E-state index contributed by atoms with van der Waals surface area (Å²) in [6.07, 6.45) is 0.955. The standard InChI is InChI=1S/C23H26N4O2/c1-15-7-5-6-8-18(15)22-26-25-21(29-22)17-11-9-16(10-12-17)20(28)24-19-13-14-27(4)23(19,2)3/h5-12,19H,13-14H2,1-4H3,(H,24,28). The first-order valence-electron chi connectivity index (χ1n) is 9.88. The summed E-state index contributed by atoms with van der Waals surface area (Å²) >= 11 is 0. The summed E-state index contributed by atoms with van der Waals surface area (Å²) < 4.78 is 5.86. The molecule has 1 atom stereocenters. The van der Waals surface area contributed by atoms with Crippen molar-refractivity contribution in [2.24, 2.45) is 0 Å². The zero-order valence-electron chi connectivity index (χ0n) is 17.3. The number of rotatable bonds is 4. The van der Waals surface area contributed by atoms with Gasteiger partial charge in [0.15, 0.2) is 0 Å². The van der Waals surface area contributed by atoms with E-state index in [1.54, 1.807) is 12.1 Å². The number of aryl methyl sites for hydroxylation is 1. The molecule has 0 aliphatic carbocycles. The number of likely N-dealkylation sites (tertiary alicyclic amines) is 1. The van der Waals surface area contributed by atoms with Gasteiger partial charge in [0.05, 0.1) is 0 Å². The second-order valence-electron chi connectivity index (χ2n) is 8.19. The smallest absolute Gasteiger partial charge is 0.251 e. The van der Waals surface area contributed by atoms with Crippen molar-refractivity contribution in [1.29, 1.82) is 0 Å². The van der Waals surface area contributed by atoms with Crippen LogP contribution in [0.15, 0.2) is 52.9 Å². The molecule has 0 spiro atoms. The molecular formula is C23H26N4O2. The Bertz CT molecular complexity index is 1020. The molecule has 1 aliphatic rings. The number of carbonyl (C=O) groups excluding carboxylic acids is 1. The molecule has 1 amide bonds. The highest BCUT2D eigenvalue weighted by atomic mass is 16.4. The van der Waals surface area contributed by atoms with Crippen molar-refractivity contribution < 1.29 is 9.21 Å². The summed E-state index contributed by atoms with van der Waals surface area (Å²) in [5.41, 5.74) is 3.36. The van der Waals surface area contributed by atoms with Crippen molar-refractivity contribution >= 4 is 5.91 Å². The van der Waals surface area contributed by atoms with Crippen molar-refractivity contribution in [3.8, 4) is 22.9 Å². The van der Waals surface area contributed by atoms with E-state index >= 15 is 0 Å². The lowest BCUT2D eigenvalue weighted by molar-refractivity contribution is 0.0901. The number of nitrogens with zero attached hydrogens (tertiary/aromatic N) is 3. The first kappa shape index (κ1) is 19.3. The topological polar surface area (TPSA) is 71.3 Å². The van der Waals surface area contributed by atoms with Crippen LogP contribution in [0, 0.1) is 6.92 Å². The van der Waals surface area contributed by atoms with Gasteiger partial charge >= 0.3 is 0 Å². The van der Waals surface area contributed by atoms with Gasteiger partial charge in [-0.25, -0.2) is 0 Å². The van der Waals surface area contributed by atoms with Crippen LogP contribution in [0.25, 0.3) is 22.9 Å². The van der Waals surface area contributed by atoms with E-state index in [1.165, 1.54) is 0 Å². The molecule has 6 nitrogen and oxygen atoms in total. The van der Waals surface area contributed by atoms with Gasteiger partial charge in [-0.3, -0.25) is 9.69 Å². The van der Waals surface area contributed by atoms with E-state index in [0.717, 1.165) is 29.7 Å². The lowest BCUT2D eigenvalue weighted by Gasteiger charge is -2.33. The highest BCUT2D eigenvalue weighted by Crippen LogP contribution is 2.28. The van der Waals surface area contributed by atoms with Gasteiger partial charge in [0.1, 0.15) is 0 Å². The van der Waals surface area contributed by atoms with Crippen LogP contribution in [0.1, 0.15) is 36.2 Å². The lowest BCUT2D eigenvalue weighted by atomic mass is 9.95. The second kappa shape index (κ2) is 7.44. The third-order valence-electron chi connectivity index (χ3n) is 6.09. The maximum absolute atomic E-state index is 12.7. The molecule has 1 unspecified atom stereocenters. The first-order valence-corrected chi connectivity index (χ1v) is 9.88. The van der Waals surface area contributed by atoms with Crippen molar-refractivity contribution in [3.63, 3.8) is 0 Å². The Kier molecular flexibility index (Phi) is 4.96. The SMILES string of the molecule is Cc1ccccc1-c1nnc(-c2ccc(C(=O)NC3CCN(C)C3(C)C)cc2)o1. The third-order valence-corrected chi connectivity index (χ3v) is 6.09. The maximum atomic E-state index is 12.7. The molecule has 0 bridgehead atoms. The highest BCUT2D eigenvalue weighted by molar-refractivity contribution is 5.94. The van der Waals surface area contributed by atoms with Crippen molar-refractivity contribution in [2.75, 3.05) is 13.6 Å². The molecule has 1 saturated heterocycles. The number of aromatic nitrogens is 2. The van der Waals surface area contributed by atoms with Crippen molar-refractivity contribution in [2.45, 2.75) is 38.8 Å². The zero-order valence-corrected chi connectivity index (χ0v) is 17.3. The number of amides is 1. The molecule has 4 rings (SSSR count). The van der Waals surface area contributed by atoms with Crippen LogP contribution < -0.4 is 5.32 Å². The lowest BCUT2D eigenvalue weighted by Crippen LogP contribution is -2.51. The molecule has 0 radical (unpaired) electrons. The molecule has 2 aromatic carbocycles. The fraction of sp³-hybridized carbons (Fsp3) is 0.348. The average Bonchev–Trinajstić information content (AvgIpc) is 3.29. The molecule has 1 fully saturated rings. The van der Waals surface area contributed by atoms with E-state index in [0.29, 0.717) is 17.3 Å². The Morgan fingerprint density at radius 2 is 1.79 bits per heavy atom. The fourth-order valence-electron chi connectivity index (χ4n) is 3.75. The van der Waals surface area contributed by atoms with Gasteiger partial charge < -0.3 is 9.73 Å². The summed E-state index contributed by atoms with van der Waals surface area (Å²) in [5.74, 6) is 0.873. The Morgan fingerprint density at radius 3 is 2.45 bits per heavy atom. The zero-order chi connectivity index (χ0) is 20.6. The summed E-state index contributed by atoms with van der Waals surface area (Å²) in [6.45, 7) is 7.32. The molecule has 1 aliphatic heterocycles. The van der Waals surface area contributed by atoms with E-state index in [-0.39, 0.29) is 17.5 Å². The maximum Gasteiger partial charge on any atom is 0.251 e. The van der Waals surface area contributed by atoms with Crippen LogP contribution >= 0.6 is 0 Å².